The van der Waals surface area contributed by atoms with Crippen LogP contribution in [0.5, 0.6) is 5.88 Å². The fourth-order valence-corrected chi connectivity index (χ4v) is 2.45. The number of aromatic nitrogens is 5. The largest absolute Gasteiger partial charge is 0.480 e. The molecule has 3 aromatic heterocycles. The monoisotopic (exact) mass is 354 g/mol. The Bertz CT molecular complexity index is 964. The second kappa shape index (κ2) is 7.60. The molecule has 0 saturated carbocycles. The summed E-state index contributed by atoms with van der Waals surface area (Å²) in [5.41, 5.74) is 0.659. The van der Waals surface area contributed by atoms with E-state index in [4.69, 9.17) is 4.74 Å². The van der Waals surface area contributed by atoms with Gasteiger partial charge < -0.3 is 10.1 Å². The van der Waals surface area contributed by atoms with Gasteiger partial charge in [-0.1, -0.05) is 6.07 Å². The van der Waals surface area contributed by atoms with Crippen molar-refractivity contribution in [3.8, 4) is 17.4 Å². The van der Waals surface area contributed by atoms with Crippen LogP contribution in [-0.4, -0.2) is 43.9 Å². The predicted octanol–water partition coefficient (Wildman–Crippen LogP) is 0.477. The molecule has 26 heavy (non-hydrogen) atoms. The summed E-state index contributed by atoms with van der Waals surface area (Å²) >= 11 is 0. The van der Waals surface area contributed by atoms with Crippen LogP contribution in [0.2, 0.25) is 0 Å². The highest BCUT2D eigenvalue weighted by Crippen LogP contribution is 2.13. The van der Waals surface area contributed by atoms with Crippen molar-refractivity contribution in [3.63, 3.8) is 0 Å². The minimum Gasteiger partial charge on any atom is -0.480 e. The summed E-state index contributed by atoms with van der Waals surface area (Å²) in [7, 11) is 3.08. The Morgan fingerprint density at radius 1 is 1.19 bits per heavy atom. The molecule has 134 valence electrons. The molecule has 0 aliphatic heterocycles. The van der Waals surface area contributed by atoms with Crippen molar-refractivity contribution in [2.24, 2.45) is 7.05 Å². The molecule has 0 saturated heterocycles. The number of pyridine rings is 2. The second-order valence-electron chi connectivity index (χ2n) is 5.42. The van der Waals surface area contributed by atoms with Crippen molar-refractivity contribution in [2.75, 3.05) is 13.7 Å². The second-order valence-corrected chi connectivity index (χ2v) is 5.42. The number of nitrogens with one attached hydrogen (secondary N) is 1. The molecule has 0 aliphatic carbocycles. The van der Waals surface area contributed by atoms with Gasteiger partial charge in [-0.2, -0.15) is 0 Å². The molecule has 0 bridgehead atoms. The lowest BCUT2D eigenvalue weighted by Crippen LogP contribution is -2.32. The van der Waals surface area contributed by atoms with Gasteiger partial charge in [-0.05, 0) is 24.3 Å². The zero-order valence-corrected chi connectivity index (χ0v) is 14.4. The fraction of sp³-hybridized carbons (Fsp3) is 0.235. The topological polar surface area (TPSA) is 104 Å². The van der Waals surface area contributed by atoms with E-state index in [1.807, 2.05) is 6.07 Å². The number of methoxy groups -OCH3 is 1. The molecule has 9 heteroatoms. The Kier molecular flexibility index (Phi) is 5.07. The summed E-state index contributed by atoms with van der Waals surface area (Å²) in [5.74, 6) is 0.386. The van der Waals surface area contributed by atoms with E-state index in [0.717, 1.165) is 0 Å². The van der Waals surface area contributed by atoms with Gasteiger partial charge in [-0.3, -0.25) is 14.3 Å². The molecule has 0 aromatic carbocycles. The summed E-state index contributed by atoms with van der Waals surface area (Å²) in [6, 6.07) is 8.67. The molecule has 0 aliphatic rings. The first-order chi connectivity index (χ1) is 12.6. The quantitative estimate of drug-likeness (QED) is 0.690. The molecule has 0 spiro atoms. The number of ether oxygens (including phenoxy) is 1. The summed E-state index contributed by atoms with van der Waals surface area (Å²) in [6.07, 6.45) is 3.18. The molecule has 1 amide bonds. The lowest BCUT2D eigenvalue weighted by molar-refractivity contribution is 0.0948. The summed E-state index contributed by atoms with van der Waals surface area (Å²) in [6.45, 7) is 0.462. The highest BCUT2D eigenvalue weighted by molar-refractivity contribution is 5.96. The van der Waals surface area contributed by atoms with Gasteiger partial charge >= 0.3 is 5.69 Å². The van der Waals surface area contributed by atoms with Gasteiger partial charge in [0, 0.05) is 26.0 Å². The molecule has 3 rings (SSSR count). The number of rotatable bonds is 6. The molecular weight excluding hydrogens is 336 g/mol. The van der Waals surface area contributed by atoms with Crippen LogP contribution in [0.4, 0.5) is 0 Å². The maximum Gasteiger partial charge on any atom is 0.346 e. The zero-order valence-electron chi connectivity index (χ0n) is 14.4. The van der Waals surface area contributed by atoms with Crippen molar-refractivity contribution < 1.29 is 9.53 Å². The Labute approximate surface area is 149 Å². The summed E-state index contributed by atoms with van der Waals surface area (Å²) in [4.78, 5) is 32.7. The smallest absolute Gasteiger partial charge is 0.346 e. The van der Waals surface area contributed by atoms with E-state index in [9.17, 15) is 9.59 Å². The highest BCUT2D eigenvalue weighted by atomic mass is 16.5. The molecule has 3 heterocycles. The number of carbonyl (C=O) groups excluding carboxylic acids is 1. The zero-order chi connectivity index (χ0) is 18.5. The number of hydrogen-bond donors (Lipinski definition) is 1. The lowest BCUT2D eigenvalue weighted by Gasteiger charge is -2.07. The van der Waals surface area contributed by atoms with Crippen LogP contribution < -0.4 is 15.7 Å². The van der Waals surface area contributed by atoms with Gasteiger partial charge in [0.05, 0.1) is 13.7 Å². The fourth-order valence-electron chi connectivity index (χ4n) is 2.45. The van der Waals surface area contributed by atoms with Crippen molar-refractivity contribution in [3.05, 3.63) is 58.8 Å². The Balaban J connectivity index is 1.69. The van der Waals surface area contributed by atoms with Crippen LogP contribution in [0.3, 0.4) is 0 Å². The Morgan fingerprint density at radius 3 is 2.73 bits per heavy atom. The minimum atomic E-state index is -0.330. The first-order valence-electron chi connectivity index (χ1n) is 7.94. The summed E-state index contributed by atoms with van der Waals surface area (Å²) < 4.78 is 7.79. The number of nitrogens with zero attached hydrogens (tertiary/aromatic N) is 5. The average molecular weight is 354 g/mol. The van der Waals surface area contributed by atoms with Crippen LogP contribution in [0, 0.1) is 0 Å². The maximum absolute atomic E-state index is 12.3. The molecule has 0 fully saturated rings. The number of hydrogen-bond acceptors (Lipinski definition) is 6. The maximum atomic E-state index is 12.3. The van der Waals surface area contributed by atoms with Gasteiger partial charge in [0.25, 0.3) is 5.91 Å². The van der Waals surface area contributed by atoms with Crippen LogP contribution in [-0.2, 0) is 13.6 Å². The number of carbonyl (C=O) groups is 1. The highest BCUT2D eigenvalue weighted by Gasteiger charge is 2.15. The van der Waals surface area contributed by atoms with E-state index in [1.165, 1.54) is 16.4 Å². The van der Waals surface area contributed by atoms with Crippen LogP contribution >= 0.6 is 0 Å². The van der Waals surface area contributed by atoms with E-state index in [1.54, 1.807) is 43.7 Å². The van der Waals surface area contributed by atoms with Crippen LogP contribution in [0.1, 0.15) is 10.4 Å². The standard InChI is InChI=1S/C17H18N6O3/c1-22-14(13-7-3-4-8-18-13)21-23(17(22)25)11-10-19-15(24)12-6-5-9-20-16(12)26-2/h3-9H,10-11H2,1-2H3,(H,19,24). The summed E-state index contributed by atoms with van der Waals surface area (Å²) in [5, 5.41) is 7.03. The molecule has 0 unspecified atom stereocenters. The van der Waals surface area contributed by atoms with E-state index in [2.05, 4.69) is 20.4 Å². The molecule has 1 N–H and O–H groups in total. The Hall–Kier alpha value is -3.49. The van der Waals surface area contributed by atoms with E-state index < -0.39 is 0 Å². The van der Waals surface area contributed by atoms with Crippen molar-refractivity contribution in [1.29, 1.82) is 0 Å². The first kappa shape index (κ1) is 17.3. The van der Waals surface area contributed by atoms with E-state index in [-0.39, 0.29) is 30.6 Å². The van der Waals surface area contributed by atoms with Crippen molar-refractivity contribution in [2.45, 2.75) is 6.54 Å². The molecule has 9 nitrogen and oxygen atoms in total. The van der Waals surface area contributed by atoms with E-state index >= 15 is 0 Å². The predicted molar refractivity (Wildman–Crippen MR) is 93.8 cm³/mol. The minimum absolute atomic E-state index is 0.230. The van der Waals surface area contributed by atoms with E-state index in [0.29, 0.717) is 17.1 Å². The van der Waals surface area contributed by atoms with Gasteiger partial charge in [-0.25, -0.2) is 14.5 Å². The molecule has 0 atom stereocenters. The molecular formula is C17H18N6O3. The van der Waals surface area contributed by atoms with Crippen LogP contribution in [0.15, 0.2) is 47.5 Å². The van der Waals surface area contributed by atoms with Gasteiger partial charge in [0.1, 0.15) is 11.3 Å². The first-order valence-corrected chi connectivity index (χ1v) is 7.94. The number of amides is 1. The SMILES string of the molecule is COc1ncccc1C(=O)NCCn1nc(-c2ccccn2)n(C)c1=O. The third kappa shape index (κ3) is 3.46. The van der Waals surface area contributed by atoms with Crippen LogP contribution in [0.25, 0.3) is 11.5 Å². The molecule has 0 radical (unpaired) electrons. The average Bonchev–Trinajstić information content (AvgIpc) is 2.97. The molecule has 3 aromatic rings. The third-order valence-electron chi connectivity index (χ3n) is 3.75. The third-order valence-corrected chi connectivity index (χ3v) is 3.75. The lowest BCUT2D eigenvalue weighted by atomic mass is 10.2. The van der Waals surface area contributed by atoms with Crippen molar-refractivity contribution >= 4 is 5.91 Å². The Morgan fingerprint density at radius 2 is 2.00 bits per heavy atom. The normalized spacial score (nSPS) is 10.5. The van der Waals surface area contributed by atoms with Gasteiger partial charge in [-0.15, -0.1) is 5.10 Å². The van der Waals surface area contributed by atoms with Gasteiger partial charge in [0.15, 0.2) is 5.82 Å². The van der Waals surface area contributed by atoms with Crippen molar-refractivity contribution in [1.82, 2.24) is 29.6 Å². The van der Waals surface area contributed by atoms with Gasteiger partial charge in [0.2, 0.25) is 5.88 Å².